The van der Waals surface area contributed by atoms with E-state index in [-0.39, 0.29) is 12.6 Å². The van der Waals surface area contributed by atoms with Gasteiger partial charge in [0.25, 0.3) is 0 Å². The van der Waals surface area contributed by atoms with E-state index in [2.05, 4.69) is 5.32 Å². The van der Waals surface area contributed by atoms with E-state index in [4.69, 9.17) is 4.74 Å². The van der Waals surface area contributed by atoms with Crippen LogP contribution in [0.2, 0.25) is 0 Å². The molecule has 0 aromatic carbocycles. The van der Waals surface area contributed by atoms with Crippen LogP contribution in [0.15, 0.2) is 0 Å². The van der Waals surface area contributed by atoms with E-state index >= 15 is 0 Å². The van der Waals surface area contributed by atoms with Crippen LogP contribution < -0.4 is 10.6 Å². The van der Waals surface area contributed by atoms with Gasteiger partial charge in [0.2, 0.25) is 5.91 Å². The molecule has 0 fully saturated rings. The monoisotopic (exact) mass is 242 g/mol. The van der Waals surface area contributed by atoms with Crippen LogP contribution in [0.5, 0.6) is 0 Å². The fraction of sp³-hybridized carbons (Fsp3) is 0.889. The molecule has 1 amide bonds. The topological polar surface area (TPSA) is 50.4 Å². The number of hydrogen-bond acceptors (Lipinski definition) is 3. The van der Waals surface area contributed by atoms with Gasteiger partial charge < -0.3 is 15.4 Å². The smallest absolute Gasteiger partial charge is 0.385 e. The van der Waals surface area contributed by atoms with Crippen molar-refractivity contribution in [3.63, 3.8) is 0 Å². The third kappa shape index (κ3) is 9.72. The number of nitrogens with one attached hydrogen (secondary N) is 2. The van der Waals surface area contributed by atoms with Crippen LogP contribution in [0, 0.1) is 0 Å². The maximum Gasteiger partial charge on any atom is 0.401 e. The molecule has 0 aliphatic carbocycles. The maximum absolute atomic E-state index is 11.7. The molecule has 1 atom stereocenters. The van der Waals surface area contributed by atoms with Crippen molar-refractivity contribution in [2.24, 2.45) is 0 Å². The number of carbonyl (C=O) groups is 1. The Morgan fingerprint density at radius 3 is 2.56 bits per heavy atom. The summed E-state index contributed by atoms with van der Waals surface area (Å²) in [7, 11) is 1.54. The van der Waals surface area contributed by atoms with Gasteiger partial charge in [-0.1, -0.05) is 0 Å². The second kappa shape index (κ2) is 7.45. The lowest BCUT2D eigenvalue weighted by Gasteiger charge is -2.14. The zero-order valence-electron chi connectivity index (χ0n) is 9.36. The van der Waals surface area contributed by atoms with Gasteiger partial charge in [-0.25, -0.2) is 0 Å². The van der Waals surface area contributed by atoms with E-state index in [0.717, 1.165) is 0 Å². The molecular weight excluding hydrogens is 225 g/mol. The van der Waals surface area contributed by atoms with E-state index in [1.165, 1.54) is 0 Å². The first kappa shape index (κ1) is 15.2. The number of alkyl halides is 3. The molecule has 2 N–H and O–H groups in total. The summed E-state index contributed by atoms with van der Waals surface area (Å²) < 4.78 is 40.0. The second-order valence-electron chi connectivity index (χ2n) is 3.47. The van der Waals surface area contributed by atoms with Crippen LogP contribution in [-0.2, 0) is 9.53 Å². The average molecular weight is 242 g/mol. The summed E-state index contributed by atoms with van der Waals surface area (Å²) in [5.41, 5.74) is 0. The van der Waals surface area contributed by atoms with Crippen LogP contribution in [0.25, 0.3) is 0 Å². The zero-order chi connectivity index (χ0) is 12.6. The number of halogens is 3. The van der Waals surface area contributed by atoms with E-state index in [9.17, 15) is 18.0 Å². The second-order valence-corrected chi connectivity index (χ2v) is 3.47. The van der Waals surface area contributed by atoms with Gasteiger partial charge in [0.05, 0.1) is 13.1 Å². The fourth-order valence-electron chi connectivity index (χ4n) is 1.01. The van der Waals surface area contributed by atoms with Crippen LogP contribution in [-0.4, -0.2) is 44.9 Å². The van der Waals surface area contributed by atoms with Gasteiger partial charge in [-0.3, -0.25) is 4.79 Å². The standard InChI is InChI=1S/C9H17F3N2O2/c1-7(3-4-16-2)14-8(15)5-13-6-9(10,11)12/h7,13H,3-6H2,1-2H3,(H,14,15). The number of carbonyl (C=O) groups excluding carboxylic acids is 1. The number of ether oxygens (including phenoxy) is 1. The van der Waals surface area contributed by atoms with Crippen molar-refractivity contribution in [3.05, 3.63) is 0 Å². The molecule has 16 heavy (non-hydrogen) atoms. The minimum atomic E-state index is -4.29. The molecule has 0 radical (unpaired) electrons. The summed E-state index contributed by atoms with van der Waals surface area (Å²) >= 11 is 0. The Bertz CT molecular complexity index is 209. The minimum Gasteiger partial charge on any atom is -0.385 e. The van der Waals surface area contributed by atoms with Gasteiger partial charge in [-0.05, 0) is 13.3 Å². The first-order valence-corrected chi connectivity index (χ1v) is 4.91. The summed E-state index contributed by atoms with van der Waals surface area (Å²) in [5, 5.41) is 4.57. The molecule has 0 bridgehead atoms. The molecule has 1 unspecified atom stereocenters. The summed E-state index contributed by atoms with van der Waals surface area (Å²) in [6.45, 7) is 0.766. The number of methoxy groups -OCH3 is 1. The van der Waals surface area contributed by atoms with Crippen LogP contribution in [0.3, 0.4) is 0 Å². The largest absolute Gasteiger partial charge is 0.401 e. The Morgan fingerprint density at radius 2 is 2.06 bits per heavy atom. The normalized spacial score (nSPS) is 13.6. The molecule has 0 heterocycles. The van der Waals surface area contributed by atoms with Crippen LogP contribution in [0.4, 0.5) is 13.2 Å². The Balaban J connectivity index is 3.58. The van der Waals surface area contributed by atoms with Crippen LogP contribution in [0.1, 0.15) is 13.3 Å². The molecule has 0 saturated heterocycles. The highest BCUT2D eigenvalue weighted by Gasteiger charge is 2.26. The predicted octanol–water partition coefficient (Wildman–Crippen LogP) is 0.679. The molecule has 0 aliphatic rings. The SMILES string of the molecule is COCCC(C)NC(=O)CNCC(F)(F)F. The number of rotatable bonds is 7. The van der Waals surface area contributed by atoms with E-state index in [1.807, 2.05) is 5.32 Å². The maximum atomic E-state index is 11.7. The highest BCUT2D eigenvalue weighted by atomic mass is 19.4. The summed E-state index contributed by atoms with van der Waals surface area (Å²) in [6.07, 6.45) is -3.66. The molecule has 96 valence electrons. The molecule has 0 aliphatic heterocycles. The van der Waals surface area contributed by atoms with Crippen molar-refractivity contribution in [1.29, 1.82) is 0 Å². The van der Waals surface area contributed by atoms with Crippen molar-refractivity contribution < 1.29 is 22.7 Å². The average Bonchev–Trinajstić information content (AvgIpc) is 2.12. The van der Waals surface area contributed by atoms with Crippen molar-refractivity contribution in [2.45, 2.75) is 25.6 Å². The Hall–Kier alpha value is -0.820. The highest BCUT2D eigenvalue weighted by Crippen LogP contribution is 2.11. The quantitative estimate of drug-likeness (QED) is 0.690. The van der Waals surface area contributed by atoms with Gasteiger partial charge in [-0.15, -0.1) is 0 Å². The first-order valence-electron chi connectivity index (χ1n) is 4.91. The van der Waals surface area contributed by atoms with Crippen molar-refractivity contribution in [3.8, 4) is 0 Å². The van der Waals surface area contributed by atoms with Gasteiger partial charge in [0, 0.05) is 19.8 Å². The molecule has 7 heteroatoms. The van der Waals surface area contributed by atoms with Gasteiger partial charge >= 0.3 is 6.18 Å². The van der Waals surface area contributed by atoms with Gasteiger partial charge in [0.1, 0.15) is 0 Å². The zero-order valence-corrected chi connectivity index (χ0v) is 9.36. The molecule has 0 rings (SSSR count). The van der Waals surface area contributed by atoms with E-state index in [1.54, 1.807) is 14.0 Å². The van der Waals surface area contributed by atoms with E-state index < -0.39 is 18.6 Å². The molecule has 0 aromatic heterocycles. The lowest BCUT2D eigenvalue weighted by Crippen LogP contribution is -2.41. The molecule has 0 spiro atoms. The molecule has 4 nitrogen and oxygen atoms in total. The third-order valence-corrected chi connectivity index (χ3v) is 1.77. The summed E-state index contributed by atoms with van der Waals surface area (Å²) in [6, 6.07) is -0.111. The fourth-order valence-corrected chi connectivity index (χ4v) is 1.01. The summed E-state index contributed by atoms with van der Waals surface area (Å²) in [4.78, 5) is 11.1. The Morgan fingerprint density at radius 1 is 1.44 bits per heavy atom. The predicted molar refractivity (Wildman–Crippen MR) is 53.0 cm³/mol. The van der Waals surface area contributed by atoms with Crippen molar-refractivity contribution in [2.75, 3.05) is 26.8 Å². The lowest BCUT2D eigenvalue weighted by molar-refractivity contribution is -0.128. The molecule has 0 saturated carbocycles. The van der Waals surface area contributed by atoms with Crippen LogP contribution >= 0.6 is 0 Å². The number of hydrogen-bond donors (Lipinski definition) is 2. The molecular formula is C9H17F3N2O2. The number of amides is 1. The lowest BCUT2D eigenvalue weighted by atomic mass is 10.2. The highest BCUT2D eigenvalue weighted by molar-refractivity contribution is 5.78. The summed E-state index contributed by atoms with van der Waals surface area (Å²) in [5.74, 6) is -0.451. The Labute approximate surface area is 92.5 Å². The Kier molecular flexibility index (Phi) is 7.07. The third-order valence-electron chi connectivity index (χ3n) is 1.77. The van der Waals surface area contributed by atoms with Gasteiger partial charge in [0.15, 0.2) is 0 Å². The van der Waals surface area contributed by atoms with Crippen molar-refractivity contribution >= 4 is 5.91 Å². The molecule has 0 aromatic rings. The van der Waals surface area contributed by atoms with Crippen molar-refractivity contribution in [1.82, 2.24) is 10.6 Å². The first-order chi connectivity index (χ1) is 7.35. The minimum absolute atomic E-state index is 0.111. The van der Waals surface area contributed by atoms with E-state index in [0.29, 0.717) is 13.0 Å². The van der Waals surface area contributed by atoms with Gasteiger partial charge in [-0.2, -0.15) is 13.2 Å².